The molecule has 0 N–H and O–H groups in total. The number of esters is 3. The largest absolute Gasteiger partial charge is 0.462 e. The first kappa shape index (κ1) is 53.4. The first-order chi connectivity index (χ1) is 26.7. The van der Waals surface area contributed by atoms with Crippen LogP contribution in [0, 0.1) is 11.8 Å². The Morgan fingerprint density at radius 3 is 0.891 bits per heavy atom. The molecule has 0 saturated carbocycles. The second kappa shape index (κ2) is 42.0. The Bertz CT molecular complexity index is 839. The molecule has 1 atom stereocenters. The number of hydrogen-bond donors (Lipinski definition) is 0. The van der Waals surface area contributed by atoms with E-state index >= 15 is 0 Å². The summed E-state index contributed by atoms with van der Waals surface area (Å²) in [7, 11) is 0. The first-order valence-electron chi connectivity index (χ1n) is 24.2. The van der Waals surface area contributed by atoms with Crippen molar-refractivity contribution in [1.82, 2.24) is 0 Å². The summed E-state index contributed by atoms with van der Waals surface area (Å²) in [5, 5.41) is 0. The van der Waals surface area contributed by atoms with Gasteiger partial charge in [-0.3, -0.25) is 14.4 Å². The zero-order valence-corrected chi connectivity index (χ0v) is 37.6. The third kappa shape index (κ3) is 43.4. The van der Waals surface area contributed by atoms with E-state index in [1.807, 2.05) is 0 Å². The number of carbonyl (C=O) groups excluding carboxylic acids is 3. The summed E-state index contributed by atoms with van der Waals surface area (Å²) in [5.74, 6) is 0.741. The lowest BCUT2D eigenvalue weighted by atomic mass is 10.0. The average molecular weight is 779 g/mol. The van der Waals surface area contributed by atoms with E-state index in [2.05, 4.69) is 34.6 Å². The molecule has 55 heavy (non-hydrogen) atoms. The predicted molar refractivity (Wildman–Crippen MR) is 233 cm³/mol. The second-order valence-corrected chi connectivity index (χ2v) is 17.7. The van der Waals surface area contributed by atoms with Gasteiger partial charge >= 0.3 is 17.9 Å². The maximum Gasteiger partial charge on any atom is 0.306 e. The molecule has 0 heterocycles. The van der Waals surface area contributed by atoms with Gasteiger partial charge in [-0.15, -0.1) is 0 Å². The summed E-state index contributed by atoms with van der Waals surface area (Å²) in [4.78, 5) is 37.7. The molecule has 0 bridgehead atoms. The van der Waals surface area contributed by atoms with Crippen LogP contribution in [0.15, 0.2) is 0 Å². The normalized spacial score (nSPS) is 12.1. The molecule has 0 aromatic heterocycles. The molecule has 0 radical (unpaired) electrons. The van der Waals surface area contributed by atoms with Gasteiger partial charge in [0.1, 0.15) is 13.2 Å². The number of carbonyl (C=O) groups is 3. The van der Waals surface area contributed by atoms with Gasteiger partial charge in [0.15, 0.2) is 6.10 Å². The van der Waals surface area contributed by atoms with E-state index < -0.39 is 6.10 Å². The number of ether oxygens (including phenoxy) is 3. The highest BCUT2D eigenvalue weighted by Gasteiger charge is 2.19. The van der Waals surface area contributed by atoms with Crippen LogP contribution in [-0.2, 0) is 28.6 Å². The van der Waals surface area contributed by atoms with Gasteiger partial charge in [0.05, 0.1) is 0 Å². The molecule has 0 amide bonds. The minimum atomic E-state index is -0.761. The van der Waals surface area contributed by atoms with E-state index in [4.69, 9.17) is 14.2 Å². The number of hydrogen-bond acceptors (Lipinski definition) is 6. The average Bonchev–Trinajstić information content (AvgIpc) is 3.15. The monoisotopic (exact) mass is 779 g/mol. The van der Waals surface area contributed by atoms with Crippen molar-refractivity contribution < 1.29 is 28.6 Å². The fraction of sp³-hybridized carbons (Fsp3) is 0.939. The molecule has 0 aliphatic carbocycles. The number of unbranched alkanes of at least 4 members (excludes halogenated alkanes) is 28. The van der Waals surface area contributed by atoms with Crippen molar-refractivity contribution in [3.8, 4) is 0 Å². The Hall–Kier alpha value is -1.59. The van der Waals surface area contributed by atoms with Gasteiger partial charge in [0.25, 0.3) is 0 Å². The Labute approximate surface area is 342 Å². The van der Waals surface area contributed by atoms with E-state index in [1.165, 1.54) is 154 Å². The van der Waals surface area contributed by atoms with E-state index in [0.29, 0.717) is 19.3 Å². The topological polar surface area (TPSA) is 78.9 Å². The molecule has 0 rings (SSSR count). The van der Waals surface area contributed by atoms with Crippen LogP contribution < -0.4 is 0 Å². The molecule has 6 heteroatoms. The van der Waals surface area contributed by atoms with Gasteiger partial charge in [0, 0.05) is 19.3 Å². The lowest BCUT2D eigenvalue weighted by Crippen LogP contribution is -2.30. The quantitative estimate of drug-likeness (QED) is 0.0348. The fourth-order valence-corrected chi connectivity index (χ4v) is 7.28. The van der Waals surface area contributed by atoms with Crippen LogP contribution in [0.4, 0.5) is 0 Å². The highest BCUT2D eigenvalue weighted by molar-refractivity contribution is 5.71. The summed E-state index contributed by atoms with van der Waals surface area (Å²) in [6.45, 7) is 11.3. The van der Waals surface area contributed by atoms with Crippen LogP contribution in [0.3, 0.4) is 0 Å². The summed E-state index contributed by atoms with van der Waals surface area (Å²) in [6, 6.07) is 0. The molecule has 0 saturated heterocycles. The van der Waals surface area contributed by atoms with Gasteiger partial charge in [0.2, 0.25) is 0 Å². The molecule has 0 aliphatic rings. The molecule has 0 unspecified atom stereocenters. The Morgan fingerprint density at radius 1 is 0.345 bits per heavy atom. The van der Waals surface area contributed by atoms with Gasteiger partial charge in [-0.05, 0) is 31.1 Å². The fourth-order valence-electron chi connectivity index (χ4n) is 7.28. The zero-order chi connectivity index (χ0) is 40.5. The Morgan fingerprint density at radius 2 is 0.600 bits per heavy atom. The highest BCUT2D eigenvalue weighted by atomic mass is 16.6. The van der Waals surface area contributed by atoms with Gasteiger partial charge in [-0.2, -0.15) is 0 Å². The molecular formula is C49H94O6. The van der Waals surface area contributed by atoms with E-state index in [9.17, 15) is 14.4 Å². The van der Waals surface area contributed by atoms with Gasteiger partial charge < -0.3 is 14.2 Å². The van der Waals surface area contributed by atoms with Crippen LogP contribution in [0.5, 0.6) is 0 Å². The maximum atomic E-state index is 12.7. The van der Waals surface area contributed by atoms with Crippen LogP contribution in [0.25, 0.3) is 0 Å². The van der Waals surface area contributed by atoms with Crippen molar-refractivity contribution in [2.75, 3.05) is 13.2 Å². The van der Waals surface area contributed by atoms with Gasteiger partial charge in [-0.1, -0.05) is 227 Å². The lowest BCUT2D eigenvalue weighted by molar-refractivity contribution is -0.167. The molecule has 326 valence electrons. The van der Waals surface area contributed by atoms with Crippen LogP contribution in [0.2, 0.25) is 0 Å². The smallest absolute Gasteiger partial charge is 0.306 e. The van der Waals surface area contributed by atoms with Crippen LogP contribution in [0.1, 0.15) is 266 Å². The van der Waals surface area contributed by atoms with E-state index in [-0.39, 0.29) is 31.1 Å². The molecule has 6 nitrogen and oxygen atoms in total. The molecule has 0 spiro atoms. The third-order valence-electron chi connectivity index (χ3n) is 11.0. The molecule has 0 aromatic rings. The van der Waals surface area contributed by atoms with E-state index in [1.54, 1.807) is 0 Å². The summed E-state index contributed by atoms with van der Waals surface area (Å²) >= 11 is 0. The molecular weight excluding hydrogens is 685 g/mol. The zero-order valence-electron chi connectivity index (χ0n) is 37.6. The summed E-state index contributed by atoms with van der Waals surface area (Å²) in [6.07, 6.45) is 41.0. The predicted octanol–water partition coefficient (Wildman–Crippen LogP) is 15.4. The standard InChI is InChI=1S/C49H94O6/c1-6-7-8-9-10-11-12-17-20-23-29-34-39-47(50)53-42-46(55-49(52)41-36-31-26-25-28-33-38-45(4)5)43-54-48(51)40-35-30-24-21-18-15-13-14-16-19-22-27-32-37-44(2)3/h44-46H,6-43H2,1-5H3/t46-/m0/s1. The van der Waals surface area contributed by atoms with Crippen molar-refractivity contribution >= 4 is 17.9 Å². The minimum absolute atomic E-state index is 0.0652. The van der Waals surface area contributed by atoms with Crippen molar-refractivity contribution in [3.05, 3.63) is 0 Å². The molecule has 0 aromatic carbocycles. The Kier molecular flexibility index (Phi) is 40.8. The number of rotatable bonds is 43. The van der Waals surface area contributed by atoms with E-state index in [0.717, 1.165) is 69.6 Å². The summed E-state index contributed by atoms with van der Waals surface area (Å²) in [5.41, 5.74) is 0. The molecule has 0 aliphatic heterocycles. The van der Waals surface area contributed by atoms with Crippen molar-refractivity contribution in [1.29, 1.82) is 0 Å². The second-order valence-electron chi connectivity index (χ2n) is 17.7. The summed E-state index contributed by atoms with van der Waals surface area (Å²) < 4.78 is 16.7. The van der Waals surface area contributed by atoms with Crippen molar-refractivity contribution in [2.45, 2.75) is 272 Å². The highest BCUT2D eigenvalue weighted by Crippen LogP contribution is 2.17. The maximum absolute atomic E-state index is 12.7. The van der Waals surface area contributed by atoms with Crippen LogP contribution >= 0.6 is 0 Å². The van der Waals surface area contributed by atoms with Crippen molar-refractivity contribution in [3.63, 3.8) is 0 Å². The first-order valence-corrected chi connectivity index (χ1v) is 24.2. The third-order valence-corrected chi connectivity index (χ3v) is 11.0. The minimum Gasteiger partial charge on any atom is -0.462 e. The van der Waals surface area contributed by atoms with Crippen molar-refractivity contribution in [2.24, 2.45) is 11.8 Å². The SMILES string of the molecule is CCCCCCCCCCCCCCC(=O)OC[C@@H](COC(=O)CCCCCCCCCCCCCCCC(C)C)OC(=O)CCCCCCCCC(C)C. The van der Waals surface area contributed by atoms with Crippen LogP contribution in [-0.4, -0.2) is 37.2 Å². The Balaban J connectivity index is 4.26. The van der Waals surface area contributed by atoms with Gasteiger partial charge in [-0.25, -0.2) is 0 Å². The lowest BCUT2D eigenvalue weighted by Gasteiger charge is -2.18. The molecule has 0 fully saturated rings.